The van der Waals surface area contributed by atoms with Crippen LogP contribution in [0.2, 0.25) is 24.2 Å². The van der Waals surface area contributed by atoms with Gasteiger partial charge in [0.25, 0.3) is 0 Å². The van der Waals surface area contributed by atoms with Crippen molar-refractivity contribution in [2.24, 2.45) is 5.92 Å². The van der Waals surface area contributed by atoms with E-state index >= 15 is 0 Å². The molecule has 1 aliphatic rings. The quantitative estimate of drug-likeness (QED) is 0.417. The molecule has 1 aliphatic heterocycles. The zero-order valence-corrected chi connectivity index (χ0v) is 13.0. The molecule has 0 saturated carbocycles. The van der Waals surface area contributed by atoms with Crippen LogP contribution in [0, 0.1) is 5.92 Å². The van der Waals surface area contributed by atoms with Crippen LogP contribution in [-0.2, 0) is 0 Å². The zero-order chi connectivity index (χ0) is 12.0. The third-order valence-electron chi connectivity index (χ3n) is 5.03. The molecular weight excluding hydrogens is 208 g/mol. The molecule has 0 N–H and O–H groups in total. The van der Waals surface area contributed by atoms with Crippen LogP contribution in [0.3, 0.4) is 0 Å². The molecule has 3 unspecified atom stereocenters. The van der Waals surface area contributed by atoms with E-state index < -0.39 is 8.07 Å². The van der Waals surface area contributed by atoms with E-state index in [2.05, 4.69) is 27.3 Å². The first-order valence-electron chi connectivity index (χ1n) is 7.64. The van der Waals surface area contributed by atoms with Gasteiger partial charge in [0, 0.05) is 0 Å². The van der Waals surface area contributed by atoms with Gasteiger partial charge in [0.1, 0.15) is 0 Å². The van der Waals surface area contributed by atoms with Gasteiger partial charge in [0.05, 0.1) is 8.07 Å². The van der Waals surface area contributed by atoms with Crippen LogP contribution in [0.25, 0.3) is 0 Å². The van der Waals surface area contributed by atoms with Crippen LogP contribution >= 0.6 is 0 Å². The van der Waals surface area contributed by atoms with Gasteiger partial charge in [0.15, 0.2) is 0 Å². The average Bonchev–Trinajstić information content (AvgIpc) is 2.38. The molecule has 1 fully saturated rings. The van der Waals surface area contributed by atoms with E-state index in [1.54, 1.807) is 12.1 Å². The van der Waals surface area contributed by atoms with Gasteiger partial charge >= 0.3 is 0 Å². The summed E-state index contributed by atoms with van der Waals surface area (Å²) in [5, 5.41) is 0. The maximum absolute atomic E-state index is 2.72. The summed E-state index contributed by atoms with van der Waals surface area (Å²) in [4.78, 5) is 0. The smallest absolute Gasteiger partial charge is 0.0538 e. The first-order chi connectivity index (χ1) is 7.64. The van der Waals surface area contributed by atoms with E-state index in [-0.39, 0.29) is 0 Å². The van der Waals surface area contributed by atoms with Gasteiger partial charge in [-0.05, 0) is 11.5 Å². The van der Waals surface area contributed by atoms with Crippen LogP contribution < -0.4 is 0 Å². The van der Waals surface area contributed by atoms with E-state index in [9.17, 15) is 0 Å². The molecule has 0 aromatic rings. The van der Waals surface area contributed by atoms with Crippen molar-refractivity contribution in [1.29, 1.82) is 0 Å². The van der Waals surface area contributed by atoms with E-state index in [0.717, 1.165) is 11.5 Å². The van der Waals surface area contributed by atoms with Gasteiger partial charge in [0.2, 0.25) is 0 Å². The molecule has 0 spiro atoms. The number of hydrogen-bond acceptors (Lipinski definition) is 0. The predicted octanol–water partition coefficient (Wildman–Crippen LogP) is 5.86. The number of rotatable bonds is 5. The molecule has 1 saturated heterocycles. The Morgan fingerprint density at radius 1 is 1.12 bits per heavy atom. The van der Waals surface area contributed by atoms with Crippen molar-refractivity contribution in [1.82, 2.24) is 0 Å². The number of unbranched alkanes of at least 4 members (excludes halogenated alkanes) is 2. The highest BCUT2D eigenvalue weighted by Crippen LogP contribution is 2.44. The first-order valence-corrected chi connectivity index (χ1v) is 10.6. The topological polar surface area (TPSA) is 0 Å². The first kappa shape index (κ1) is 14.3. The molecule has 3 atom stereocenters. The zero-order valence-electron chi connectivity index (χ0n) is 12.0. The van der Waals surface area contributed by atoms with Crippen LogP contribution in [0.4, 0.5) is 0 Å². The van der Waals surface area contributed by atoms with Gasteiger partial charge < -0.3 is 0 Å². The maximum Gasteiger partial charge on any atom is 0.0538 e. The highest BCUT2D eigenvalue weighted by Gasteiger charge is 2.38. The lowest BCUT2D eigenvalue weighted by Gasteiger charge is -2.37. The van der Waals surface area contributed by atoms with Crippen molar-refractivity contribution < 1.29 is 0 Å². The maximum atomic E-state index is 2.72. The van der Waals surface area contributed by atoms with Crippen LogP contribution in [0.15, 0.2) is 0 Å². The summed E-state index contributed by atoms with van der Waals surface area (Å²) in [6.45, 7) is 10.0. The standard InChI is InChI=1S/C15H32Si/c1-5-7-9-12-16(4)13-10-8-11-14(3)15(16)6-2/h14-15H,5-13H2,1-4H3. The molecule has 1 rings (SSSR count). The summed E-state index contributed by atoms with van der Waals surface area (Å²) in [6, 6.07) is 3.24. The summed E-state index contributed by atoms with van der Waals surface area (Å²) < 4.78 is 0. The summed E-state index contributed by atoms with van der Waals surface area (Å²) in [5.41, 5.74) is 1.12. The normalized spacial score (nSPS) is 36.0. The van der Waals surface area contributed by atoms with E-state index in [0.29, 0.717) is 0 Å². The molecule has 0 aliphatic carbocycles. The molecule has 0 nitrogen and oxygen atoms in total. The van der Waals surface area contributed by atoms with Crippen molar-refractivity contribution in [3.63, 3.8) is 0 Å². The molecule has 0 amide bonds. The summed E-state index contributed by atoms with van der Waals surface area (Å²) >= 11 is 0. The average molecular weight is 241 g/mol. The minimum Gasteiger partial charge on any atom is -0.0689 e. The minimum absolute atomic E-state index is 0.917. The Balaban J connectivity index is 2.62. The Morgan fingerprint density at radius 3 is 2.50 bits per heavy atom. The molecule has 1 heterocycles. The Bertz CT molecular complexity index is 190. The van der Waals surface area contributed by atoms with E-state index in [1.807, 2.05) is 0 Å². The third kappa shape index (κ3) is 3.61. The Hall–Kier alpha value is 0.217. The van der Waals surface area contributed by atoms with E-state index in [1.165, 1.54) is 44.9 Å². The van der Waals surface area contributed by atoms with Crippen LogP contribution in [0.5, 0.6) is 0 Å². The lowest BCUT2D eigenvalue weighted by molar-refractivity contribution is 0.470. The molecule has 96 valence electrons. The highest BCUT2D eigenvalue weighted by molar-refractivity contribution is 6.80. The van der Waals surface area contributed by atoms with Crippen molar-refractivity contribution in [3.05, 3.63) is 0 Å². The van der Waals surface area contributed by atoms with Gasteiger partial charge in [-0.15, -0.1) is 0 Å². The van der Waals surface area contributed by atoms with Crippen molar-refractivity contribution >= 4 is 8.07 Å². The second-order valence-corrected chi connectivity index (χ2v) is 11.4. The largest absolute Gasteiger partial charge is 0.0689 e. The molecular formula is C15H32Si. The fourth-order valence-electron chi connectivity index (χ4n) is 4.05. The summed E-state index contributed by atoms with van der Waals surface area (Å²) in [6.07, 6.45) is 10.4. The Labute approximate surface area is 104 Å². The van der Waals surface area contributed by atoms with E-state index in [4.69, 9.17) is 0 Å². The second-order valence-electron chi connectivity index (χ2n) is 6.35. The monoisotopic (exact) mass is 240 g/mol. The van der Waals surface area contributed by atoms with Gasteiger partial charge in [-0.25, -0.2) is 0 Å². The summed E-state index contributed by atoms with van der Waals surface area (Å²) in [5.74, 6) is 1.02. The molecule has 1 heteroatoms. The molecule has 0 bridgehead atoms. The van der Waals surface area contributed by atoms with Crippen molar-refractivity contribution in [3.8, 4) is 0 Å². The predicted molar refractivity (Wildman–Crippen MR) is 77.8 cm³/mol. The lowest BCUT2D eigenvalue weighted by atomic mass is 9.99. The third-order valence-corrected chi connectivity index (χ3v) is 10.8. The Morgan fingerprint density at radius 2 is 1.88 bits per heavy atom. The van der Waals surface area contributed by atoms with Crippen molar-refractivity contribution in [2.75, 3.05) is 0 Å². The lowest BCUT2D eigenvalue weighted by Crippen LogP contribution is -2.37. The van der Waals surface area contributed by atoms with Crippen LogP contribution in [-0.4, -0.2) is 8.07 Å². The number of hydrogen-bond donors (Lipinski definition) is 0. The van der Waals surface area contributed by atoms with Gasteiger partial charge in [-0.1, -0.05) is 84.4 Å². The van der Waals surface area contributed by atoms with Crippen LogP contribution in [0.1, 0.15) is 65.7 Å². The molecule has 0 aromatic heterocycles. The van der Waals surface area contributed by atoms with Crippen molar-refractivity contribution in [2.45, 2.75) is 89.9 Å². The van der Waals surface area contributed by atoms with Gasteiger partial charge in [-0.3, -0.25) is 0 Å². The molecule has 16 heavy (non-hydrogen) atoms. The highest BCUT2D eigenvalue weighted by atomic mass is 28.3. The molecule has 0 aromatic carbocycles. The fraction of sp³-hybridized carbons (Fsp3) is 1.00. The van der Waals surface area contributed by atoms with Gasteiger partial charge in [-0.2, -0.15) is 0 Å². The fourth-order valence-corrected chi connectivity index (χ4v) is 9.69. The molecule has 0 radical (unpaired) electrons. The minimum atomic E-state index is -0.917. The Kier molecular flexibility index (Phi) is 6.10. The SMILES string of the molecule is CCCCC[Si]1(C)CCCCC(C)C1CC. The second kappa shape index (κ2) is 6.83. The summed E-state index contributed by atoms with van der Waals surface area (Å²) in [7, 11) is -0.917.